The molecule has 0 aliphatic heterocycles. The topological polar surface area (TPSA) is 71.1 Å². The molecule has 0 spiro atoms. The van der Waals surface area contributed by atoms with Gasteiger partial charge in [0.15, 0.2) is 17.6 Å². The van der Waals surface area contributed by atoms with Gasteiger partial charge in [-0.25, -0.2) is 0 Å². The van der Waals surface area contributed by atoms with E-state index in [4.69, 9.17) is 18.9 Å². The number of esters is 2. The highest BCUT2D eigenvalue weighted by molar-refractivity contribution is 5.76. The second-order valence-electron chi connectivity index (χ2n) is 5.10. The van der Waals surface area contributed by atoms with Crippen LogP contribution in [0.2, 0.25) is 0 Å². The van der Waals surface area contributed by atoms with Crippen LogP contribution in [0.15, 0.2) is 18.2 Å². The molecule has 1 unspecified atom stereocenters. The lowest BCUT2D eigenvalue weighted by atomic mass is 10.2. The van der Waals surface area contributed by atoms with Crippen LogP contribution in [0.1, 0.15) is 39.5 Å². The SMILES string of the molecule is CC#CC(CC)OC(=O)CCCC(=O)Oc1c(OC)cccc1OC. The van der Waals surface area contributed by atoms with Crippen LogP contribution in [0.5, 0.6) is 17.2 Å². The number of carbonyl (C=O) groups is 2. The molecular weight excluding hydrogens is 324 g/mol. The molecule has 1 rings (SSSR count). The molecule has 1 aromatic rings. The van der Waals surface area contributed by atoms with Crippen LogP contribution in [0.4, 0.5) is 0 Å². The van der Waals surface area contributed by atoms with Gasteiger partial charge in [0.25, 0.3) is 0 Å². The first-order chi connectivity index (χ1) is 12.0. The Morgan fingerprint density at radius 1 is 1.08 bits per heavy atom. The molecule has 0 bridgehead atoms. The summed E-state index contributed by atoms with van der Waals surface area (Å²) in [6.07, 6.45) is 0.752. The molecule has 6 heteroatoms. The lowest BCUT2D eigenvalue weighted by Crippen LogP contribution is -2.16. The lowest BCUT2D eigenvalue weighted by molar-refractivity contribution is -0.146. The van der Waals surface area contributed by atoms with Crippen LogP contribution < -0.4 is 14.2 Å². The molecule has 0 radical (unpaired) electrons. The Morgan fingerprint density at radius 2 is 1.68 bits per heavy atom. The molecule has 1 atom stereocenters. The first kappa shape index (κ1) is 20.4. The van der Waals surface area contributed by atoms with E-state index in [2.05, 4.69) is 11.8 Å². The zero-order valence-corrected chi connectivity index (χ0v) is 15.1. The summed E-state index contributed by atoms with van der Waals surface area (Å²) in [5.41, 5.74) is 0. The number of hydrogen-bond acceptors (Lipinski definition) is 6. The van der Waals surface area contributed by atoms with Crippen LogP contribution in [0, 0.1) is 11.8 Å². The molecule has 136 valence electrons. The smallest absolute Gasteiger partial charge is 0.311 e. The number of benzene rings is 1. The van der Waals surface area contributed by atoms with Crippen molar-refractivity contribution in [2.45, 2.75) is 45.6 Å². The van der Waals surface area contributed by atoms with Crippen LogP contribution in [0.25, 0.3) is 0 Å². The number of rotatable bonds is 9. The molecule has 25 heavy (non-hydrogen) atoms. The molecule has 0 heterocycles. The van der Waals surface area contributed by atoms with Gasteiger partial charge in [0.1, 0.15) is 0 Å². The second kappa shape index (κ2) is 11.0. The largest absolute Gasteiger partial charge is 0.493 e. The van der Waals surface area contributed by atoms with Crippen molar-refractivity contribution >= 4 is 11.9 Å². The maximum absolute atomic E-state index is 12.0. The van der Waals surface area contributed by atoms with Crippen LogP contribution >= 0.6 is 0 Å². The minimum Gasteiger partial charge on any atom is -0.493 e. The van der Waals surface area contributed by atoms with Gasteiger partial charge in [-0.15, -0.1) is 5.92 Å². The average Bonchev–Trinajstić information content (AvgIpc) is 2.61. The fraction of sp³-hybridized carbons (Fsp3) is 0.474. The van der Waals surface area contributed by atoms with Gasteiger partial charge in [0.2, 0.25) is 5.75 Å². The molecule has 0 saturated heterocycles. The van der Waals surface area contributed by atoms with E-state index >= 15 is 0 Å². The Balaban J connectivity index is 2.50. The third-order valence-electron chi connectivity index (χ3n) is 3.31. The Labute approximate surface area is 148 Å². The van der Waals surface area contributed by atoms with Gasteiger partial charge in [-0.2, -0.15) is 0 Å². The summed E-state index contributed by atoms with van der Waals surface area (Å²) in [6.45, 7) is 3.58. The van der Waals surface area contributed by atoms with Crippen molar-refractivity contribution in [2.24, 2.45) is 0 Å². The number of carbonyl (C=O) groups excluding carboxylic acids is 2. The Morgan fingerprint density at radius 3 is 2.20 bits per heavy atom. The molecule has 6 nitrogen and oxygen atoms in total. The van der Waals surface area contributed by atoms with Crippen LogP contribution in [-0.2, 0) is 14.3 Å². The summed E-state index contributed by atoms with van der Waals surface area (Å²) in [5, 5.41) is 0. The second-order valence-corrected chi connectivity index (χ2v) is 5.10. The fourth-order valence-corrected chi connectivity index (χ4v) is 2.05. The monoisotopic (exact) mass is 348 g/mol. The fourth-order valence-electron chi connectivity index (χ4n) is 2.05. The molecule has 0 N–H and O–H groups in total. The lowest BCUT2D eigenvalue weighted by Gasteiger charge is -2.13. The first-order valence-electron chi connectivity index (χ1n) is 8.09. The van der Waals surface area contributed by atoms with Crippen molar-refractivity contribution in [1.29, 1.82) is 0 Å². The minimum absolute atomic E-state index is 0.0759. The minimum atomic E-state index is -0.476. The van der Waals surface area contributed by atoms with E-state index < -0.39 is 12.1 Å². The molecule has 1 aromatic carbocycles. The molecule has 0 saturated carbocycles. The summed E-state index contributed by atoms with van der Waals surface area (Å²) >= 11 is 0. The molecule has 0 fully saturated rings. The van der Waals surface area contributed by atoms with Gasteiger partial charge >= 0.3 is 11.9 Å². The van der Waals surface area contributed by atoms with Gasteiger partial charge in [0.05, 0.1) is 14.2 Å². The summed E-state index contributed by atoms with van der Waals surface area (Å²) in [6, 6.07) is 5.07. The maximum atomic E-state index is 12.0. The standard InChI is InChI=1S/C19H24O6/c1-5-9-14(6-2)24-17(20)12-8-13-18(21)25-19-15(22-3)10-7-11-16(19)23-4/h7,10-11,14H,6,8,12-13H2,1-4H3. The average molecular weight is 348 g/mol. The highest BCUT2D eigenvalue weighted by atomic mass is 16.6. The zero-order chi connectivity index (χ0) is 18.7. The number of para-hydroxylation sites is 1. The third kappa shape index (κ3) is 6.76. The van der Waals surface area contributed by atoms with Gasteiger partial charge in [-0.05, 0) is 31.9 Å². The summed E-state index contributed by atoms with van der Waals surface area (Å²) in [7, 11) is 2.96. The van der Waals surface area contributed by atoms with Crippen molar-refractivity contribution in [1.82, 2.24) is 0 Å². The summed E-state index contributed by atoms with van der Waals surface area (Å²) < 4.78 is 20.9. The Hall–Kier alpha value is -2.68. The van der Waals surface area contributed by atoms with Gasteiger partial charge in [-0.1, -0.05) is 18.9 Å². The zero-order valence-electron chi connectivity index (χ0n) is 15.1. The normalized spacial score (nSPS) is 10.9. The summed E-state index contributed by atoms with van der Waals surface area (Å²) in [4.78, 5) is 23.7. The first-order valence-corrected chi connectivity index (χ1v) is 8.09. The van der Waals surface area contributed by atoms with Crippen LogP contribution in [-0.4, -0.2) is 32.3 Å². The number of ether oxygens (including phenoxy) is 4. The highest BCUT2D eigenvalue weighted by Crippen LogP contribution is 2.37. The van der Waals surface area contributed by atoms with Crippen molar-refractivity contribution in [3.63, 3.8) is 0 Å². The predicted molar refractivity (Wildman–Crippen MR) is 92.7 cm³/mol. The molecule has 0 aliphatic carbocycles. The van der Waals surface area contributed by atoms with Gasteiger partial charge < -0.3 is 18.9 Å². The number of hydrogen-bond donors (Lipinski definition) is 0. The van der Waals surface area contributed by atoms with Gasteiger partial charge in [0, 0.05) is 12.8 Å². The number of methoxy groups -OCH3 is 2. The van der Waals surface area contributed by atoms with Crippen molar-refractivity contribution in [3.8, 4) is 29.1 Å². The Bertz CT molecular complexity index is 619. The van der Waals surface area contributed by atoms with Gasteiger partial charge in [-0.3, -0.25) is 9.59 Å². The molecule has 0 aromatic heterocycles. The quantitative estimate of drug-likeness (QED) is 0.388. The molecule has 0 amide bonds. The highest BCUT2D eigenvalue weighted by Gasteiger charge is 2.16. The Kier molecular flexibility index (Phi) is 8.94. The maximum Gasteiger partial charge on any atom is 0.311 e. The molecular formula is C19H24O6. The van der Waals surface area contributed by atoms with E-state index in [-0.39, 0.29) is 24.6 Å². The van der Waals surface area contributed by atoms with E-state index in [0.29, 0.717) is 24.3 Å². The van der Waals surface area contributed by atoms with E-state index in [1.807, 2.05) is 6.92 Å². The summed E-state index contributed by atoms with van der Waals surface area (Å²) in [5.74, 6) is 5.70. The van der Waals surface area contributed by atoms with E-state index in [1.165, 1.54) is 14.2 Å². The molecule has 0 aliphatic rings. The van der Waals surface area contributed by atoms with Crippen molar-refractivity contribution < 1.29 is 28.5 Å². The van der Waals surface area contributed by atoms with Crippen molar-refractivity contribution in [3.05, 3.63) is 18.2 Å². The van der Waals surface area contributed by atoms with E-state index in [0.717, 1.165) is 0 Å². The third-order valence-corrected chi connectivity index (χ3v) is 3.31. The van der Waals surface area contributed by atoms with Crippen LogP contribution in [0.3, 0.4) is 0 Å². The van der Waals surface area contributed by atoms with Crippen molar-refractivity contribution in [2.75, 3.05) is 14.2 Å². The predicted octanol–water partition coefficient (Wildman–Crippen LogP) is 3.12. The van der Waals surface area contributed by atoms with E-state index in [9.17, 15) is 9.59 Å². The van der Waals surface area contributed by atoms with E-state index in [1.54, 1.807) is 25.1 Å².